The first kappa shape index (κ1) is 18.3. The van der Waals surface area contributed by atoms with Gasteiger partial charge in [-0.2, -0.15) is 8.78 Å². The molecule has 5 nitrogen and oxygen atoms in total. The van der Waals surface area contributed by atoms with E-state index in [9.17, 15) is 17.2 Å². The molecular formula is C18H16F2N2O3S2. The van der Waals surface area contributed by atoms with Crippen molar-refractivity contribution in [1.29, 1.82) is 0 Å². The Morgan fingerprint density at radius 3 is 2.63 bits per heavy atom. The first-order chi connectivity index (χ1) is 12.7. The normalized spacial score (nSPS) is 20.0. The van der Waals surface area contributed by atoms with Crippen LogP contribution in [0.2, 0.25) is 0 Å². The van der Waals surface area contributed by atoms with Crippen LogP contribution in [0.3, 0.4) is 0 Å². The molecular weight excluding hydrogens is 394 g/mol. The van der Waals surface area contributed by atoms with Gasteiger partial charge >= 0.3 is 5.92 Å². The van der Waals surface area contributed by atoms with Crippen molar-refractivity contribution in [3.05, 3.63) is 59.9 Å². The lowest BCUT2D eigenvalue weighted by molar-refractivity contribution is -0.0105. The fourth-order valence-electron chi connectivity index (χ4n) is 2.85. The van der Waals surface area contributed by atoms with Crippen molar-refractivity contribution in [2.24, 2.45) is 0 Å². The molecule has 2 heterocycles. The van der Waals surface area contributed by atoms with Crippen LogP contribution in [-0.2, 0) is 15.9 Å². The summed E-state index contributed by atoms with van der Waals surface area (Å²) in [7, 11) is -3.68. The number of nitrogens with one attached hydrogen (secondary N) is 1. The predicted molar refractivity (Wildman–Crippen MR) is 97.3 cm³/mol. The minimum Gasteiger partial charge on any atom is -0.354 e. The summed E-state index contributed by atoms with van der Waals surface area (Å²) in [5.41, 5.74) is 1.29. The second-order valence-electron chi connectivity index (χ2n) is 6.56. The Morgan fingerprint density at radius 1 is 1.22 bits per heavy atom. The molecule has 142 valence electrons. The van der Waals surface area contributed by atoms with Gasteiger partial charge in [-0.1, -0.05) is 35.5 Å². The number of hydrogen-bond acceptors (Lipinski definition) is 5. The molecule has 0 radical (unpaired) electrons. The van der Waals surface area contributed by atoms with Crippen LogP contribution in [0.1, 0.15) is 30.6 Å². The van der Waals surface area contributed by atoms with Crippen LogP contribution >= 0.6 is 11.3 Å². The first-order valence-corrected chi connectivity index (χ1v) is 10.6. The molecule has 1 fully saturated rings. The van der Waals surface area contributed by atoms with Gasteiger partial charge in [0.1, 0.15) is 9.90 Å². The van der Waals surface area contributed by atoms with Crippen molar-refractivity contribution < 1.29 is 21.7 Å². The zero-order chi connectivity index (χ0) is 19.2. The van der Waals surface area contributed by atoms with E-state index in [1.807, 2.05) is 30.3 Å². The molecule has 2 aromatic heterocycles. The average molecular weight is 410 g/mol. The van der Waals surface area contributed by atoms with Crippen LogP contribution in [0, 0.1) is 0 Å². The molecule has 1 N–H and O–H groups in total. The van der Waals surface area contributed by atoms with Crippen LogP contribution < -0.4 is 4.72 Å². The van der Waals surface area contributed by atoms with E-state index in [4.69, 9.17) is 0 Å². The van der Waals surface area contributed by atoms with Crippen molar-refractivity contribution in [2.45, 2.75) is 35.4 Å². The van der Waals surface area contributed by atoms with Gasteiger partial charge in [-0.05, 0) is 24.1 Å². The summed E-state index contributed by atoms with van der Waals surface area (Å²) in [4.78, 5) is 0.449. The Morgan fingerprint density at radius 2 is 1.96 bits per heavy atom. The summed E-state index contributed by atoms with van der Waals surface area (Å²) in [5, 5.41) is 3.61. The summed E-state index contributed by atoms with van der Waals surface area (Å²) in [6.45, 7) is 0.713. The zero-order valence-electron chi connectivity index (χ0n) is 14.2. The van der Waals surface area contributed by atoms with Gasteiger partial charge in [0, 0.05) is 24.9 Å². The Hall–Kier alpha value is -2.10. The SMILES string of the molecule is CC(F)(F)c1cc(-c2ccc(S(=O)(=O)N[C@H]3C[C@@H]3c3ccccc3)s2)no1. The molecule has 0 spiro atoms. The maximum absolute atomic E-state index is 13.3. The number of halogens is 2. The number of sulfonamides is 1. The van der Waals surface area contributed by atoms with Gasteiger partial charge < -0.3 is 4.52 Å². The summed E-state index contributed by atoms with van der Waals surface area (Å²) < 4.78 is 59.2. The molecule has 9 heteroatoms. The number of rotatable bonds is 6. The molecule has 4 rings (SSSR count). The van der Waals surface area contributed by atoms with Crippen molar-refractivity contribution in [1.82, 2.24) is 9.88 Å². The standard InChI is InChI=1S/C18H16F2N2O3S2/c1-18(19,20)16-10-14(21-25-16)15-7-8-17(26-15)27(23,24)22-13-9-12(13)11-5-3-2-4-6-11/h2-8,10,12-13,22H,9H2,1H3/t12-,13+/m1/s1. The van der Waals surface area contributed by atoms with E-state index in [1.165, 1.54) is 12.1 Å². The van der Waals surface area contributed by atoms with E-state index in [-0.39, 0.29) is 21.9 Å². The van der Waals surface area contributed by atoms with Crippen LogP contribution in [0.4, 0.5) is 8.78 Å². The number of benzene rings is 1. The third-order valence-corrected chi connectivity index (χ3v) is 7.46. The van der Waals surface area contributed by atoms with Gasteiger partial charge in [0.25, 0.3) is 0 Å². The topological polar surface area (TPSA) is 72.2 Å². The molecule has 1 aliphatic rings. The van der Waals surface area contributed by atoms with E-state index in [0.717, 1.165) is 29.4 Å². The van der Waals surface area contributed by atoms with Gasteiger partial charge in [-0.3, -0.25) is 0 Å². The Bertz CT molecular complexity index is 1060. The van der Waals surface area contributed by atoms with Gasteiger partial charge in [0.15, 0.2) is 0 Å². The number of alkyl halides is 2. The Labute approximate surface area is 159 Å². The van der Waals surface area contributed by atoms with Gasteiger partial charge in [-0.25, -0.2) is 13.1 Å². The van der Waals surface area contributed by atoms with Crippen molar-refractivity contribution in [3.8, 4) is 10.6 Å². The highest BCUT2D eigenvalue weighted by Crippen LogP contribution is 2.42. The first-order valence-electron chi connectivity index (χ1n) is 8.26. The molecule has 2 atom stereocenters. The fourth-order valence-corrected chi connectivity index (χ4v) is 5.42. The molecule has 0 amide bonds. The van der Waals surface area contributed by atoms with Gasteiger partial charge in [0.05, 0.1) is 4.88 Å². The van der Waals surface area contributed by atoms with Crippen molar-refractivity contribution in [2.75, 3.05) is 0 Å². The minimum absolute atomic E-state index is 0.115. The minimum atomic E-state index is -3.68. The molecule has 0 aliphatic heterocycles. The van der Waals surface area contributed by atoms with E-state index >= 15 is 0 Å². The van der Waals surface area contributed by atoms with E-state index in [1.54, 1.807) is 0 Å². The quantitative estimate of drug-likeness (QED) is 0.656. The largest absolute Gasteiger partial charge is 0.354 e. The number of nitrogens with zero attached hydrogens (tertiary/aromatic N) is 1. The molecule has 0 saturated heterocycles. The van der Waals surface area contributed by atoms with Gasteiger partial charge in [0.2, 0.25) is 15.8 Å². The fraction of sp³-hybridized carbons (Fsp3) is 0.278. The lowest BCUT2D eigenvalue weighted by Gasteiger charge is -2.04. The molecule has 0 unspecified atom stereocenters. The highest BCUT2D eigenvalue weighted by Gasteiger charge is 2.41. The van der Waals surface area contributed by atoms with Crippen molar-refractivity contribution in [3.63, 3.8) is 0 Å². The summed E-state index contributed by atoms with van der Waals surface area (Å²) in [6.07, 6.45) is 0.750. The maximum atomic E-state index is 13.3. The van der Waals surface area contributed by atoms with E-state index in [2.05, 4.69) is 14.4 Å². The third-order valence-electron chi connectivity index (χ3n) is 4.37. The number of hydrogen-bond donors (Lipinski definition) is 1. The molecule has 27 heavy (non-hydrogen) atoms. The molecule has 1 saturated carbocycles. The highest BCUT2D eigenvalue weighted by molar-refractivity contribution is 7.91. The van der Waals surface area contributed by atoms with E-state index in [0.29, 0.717) is 11.8 Å². The Balaban J connectivity index is 1.49. The number of aromatic nitrogens is 1. The lowest BCUT2D eigenvalue weighted by atomic mass is 10.1. The summed E-state index contributed by atoms with van der Waals surface area (Å²) in [5.74, 6) is -3.53. The van der Waals surface area contributed by atoms with E-state index < -0.39 is 21.7 Å². The third kappa shape index (κ3) is 3.80. The van der Waals surface area contributed by atoms with Crippen LogP contribution in [0.25, 0.3) is 10.6 Å². The lowest BCUT2D eigenvalue weighted by Crippen LogP contribution is -2.26. The number of thiophene rings is 1. The van der Waals surface area contributed by atoms with Crippen LogP contribution in [0.5, 0.6) is 0 Å². The predicted octanol–water partition coefficient (Wildman–Crippen LogP) is 4.35. The zero-order valence-corrected chi connectivity index (χ0v) is 15.9. The van der Waals surface area contributed by atoms with Crippen LogP contribution in [0.15, 0.2) is 57.3 Å². The summed E-state index contributed by atoms with van der Waals surface area (Å²) >= 11 is 0.966. The molecule has 3 aromatic rings. The van der Waals surface area contributed by atoms with Crippen LogP contribution in [-0.4, -0.2) is 19.6 Å². The average Bonchev–Trinajstić information content (AvgIpc) is 3.05. The van der Waals surface area contributed by atoms with Crippen molar-refractivity contribution >= 4 is 21.4 Å². The maximum Gasteiger partial charge on any atom is 0.304 e. The smallest absolute Gasteiger partial charge is 0.304 e. The second-order valence-corrected chi connectivity index (χ2v) is 9.59. The molecule has 1 aromatic carbocycles. The van der Waals surface area contributed by atoms with Gasteiger partial charge in [-0.15, -0.1) is 11.3 Å². The molecule has 0 bridgehead atoms. The molecule has 1 aliphatic carbocycles. The Kier molecular flexibility index (Phi) is 4.40. The second kappa shape index (κ2) is 6.50. The monoisotopic (exact) mass is 410 g/mol. The highest BCUT2D eigenvalue weighted by atomic mass is 32.2. The summed E-state index contributed by atoms with van der Waals surface area (Å²) in [6, 6.07) is 13.7.